The van der Waals surface area contributed by atoms with Crippen molar-refractivity contribution >= 4 is 11.8 Å². The van der Waals surface area contributed by atoms with Gasteiger partial charge < -0.3 is 10.1 Å². The third kappa shape index (κ3) is 2.06. The molecular formula is C13H17NOS. The molecule has 1 saturated heterocycles. The van der Waals surface area contributed by atoms with E-state index in [1.807, 2.05) is 6.07 Å². The maximum Gasteiger partial charge on any atom is 0.124 e. The molecule has 1 aromatic carbocycles. The van der Waals surface area contributed by atoms with Gasteiger partial charge in [-0.1, -0.05) is 18.2 Å². The molecule has 3 rings (SSSR count). The van der Waals surface area contributed by atoms with Gasteiger partial charge in [-0.15, -0.1) is 0 Å². The summed E-state index contributed by atoms with van der Waals surface area (Å²) < 4.78 is 5.68. The molecule has 0 amide bonds. The van der Waals surface area contributed by atoms with Crippen molar-refractivity contribution in [3.8, 4) is 5.75 Å². The standard InChI is InChI=1S/C13H17NOS/c1-2-6-13-11(5-1)12(8-15-13)14-10-4-3-7-16-9-10/h1-2,5-6,10,12,14H,3-4,7-9H2. The van der Waals surface area contributed by atoms with Crippen molar-refractivity contribution in [1.29, 1.82) is 0 Å². The highest BCUT2D eigenvalue weighted by molar-refractivity contribution is 7.99. The van der Waals surface area contributed by atoms with E-state index in [2.05, 4.69) is 35.3 Å². The first-order chi connectivity index (χ1) is 7.93. The van der Waals surface area contributed by atoms with Crippen LogP contribution in [0.25, 0.3) is 0 Å². The number of fused-ring (bicyclic) bond motifs is 1. The van der Waals surface area contributed by atoms with Gasteiger partial charge in [0.25, 0.3) is 0 Å². The van der Waals surface area contributed by atoms with Crippen LogP contribution in [0.2, 0.25) is 0 Å². The van der Waals surface area contributed by atoms with Crippen LogP contribution in [0, 0.1) is 0 Å². The third-order valence-corrected chi connectivity index (χ3v) is 4.51. The molecule has 2 aliphatic rings. The smallest absolute Gasteiger partial charge is 0.124 e. The highest BCUT2D eigenvalue weighted by Crippen LogP contribution is 2.32. The van der Waals surface area contributed by atoms with Gasteiger partial charge in [-0.05, 0) is 24.7 Å². The normalized spacial score (nSPS) is 28.5. The van der Waals surface area contributed by atoms with Crippen molar-refractivity contribution in [3.05, 3.63) is 29.8 Å². The van der Waals surface area contributed by atoms with Crippen LogP contribution >= 0.6 is 11.8 Å². The van der Waals surface area contributed by atoms with E-state index < -0.39 is 0 Å². The first-order valence-electron chi connectivity index (χ1n) is 5.99. The zero-order valence-electron chi connectivity index (χ0n) is 9.32. The summed E-state index contributed by atoms with van der Waals surface area (Å²) in [6.45, 7) is 0.792. The minimum Gasteiger partial charge on any atom is -0.491 e. The van der Waals surface area contributed by atoms with Crippen LogP contribution in [0.5, 0.6) is 5.75 Å². The Morgan fingerprint density at radius 1 is 1.31 bits per heavy atom. The van der Waals surface area contributed by atoms with Crippen LogP contribution in [0.15, 0.2) is 24.3 Å². The summed E-state index contributed by atoms with van der Waals surface area (Å²) in [4.78, 5) is 0. The third-order valence-electron chi connectivity index (χ3n) is 3.30. The van der Waals surface area contributed by atoms with Crippen LogP contribution in [-0.4, -0.2) is 24.2 Å². The Morgan fingerprint density at radius 3 is 3.12 bits per heavy atom. The molecule has 1 N–H and O–H groups in total. The number of ether oxygens (including phenoxy) is 1. The van der Waals surface area contributed by atoms with Gasteiger partial charge in [0.2, 0.25) is 0 Å². The van der Waals surface area contributed by atoms with Gasteiger partial charge in [0, 0.05) is 17.4 Å². The van der Waals surface area contributed by atoms with Crippen LogP contribution in [0.4, 0.5) is 0 Å². The fraction of sp³-hybridized carbons (Fsp3) is 0.538. The molecule has 0 aromatic heterocycles. The lowest BCUT2D eigenvalue weighted by Gasteiger charge is -2.25. The van der Waals surface area contributed by atoms with Gasteiger partial charge in [0.15, 0.2) is 0 Å². The van der Waals surface area contributed by atoms with E-state index in [1.165, 1.54) is 29.9 Å². The highest BCUT2D eigenvalue weighted by atomic mass is 32.2. The number of benzene rings is 1. The van der Waals surface area contributed by atoms with Crippen LogP contribution < -0.4 is 10.1 Å². The molecule has 1 aromatic rings. The lowest BCUT2D eigenvalue weighted by Crippen LogP contribution is -2.37. The minimum absolute atomic E-state index is 0.403. The summed E-state index contributed by atoms with van der Waals surface area (Å²) in [6, 6.07) is 9.44. The molecule has 0 bridgehead atoms. The van der Waals surface area contributed by atoms with Crippen molar-refractivity contribution in [3.63, 3.8) is 0 Å². The molecule has 16 heavy (non-hydrogen) atoms. The Labute approximate surface area is 101 Å². The Balaban J connectivity index is 1.68. The number of hydrogen-bond donors (Lipinski definition) is 1. The average Bonchev–Trinajstić information content (AvgIpc) is 2.74. The molecule has 2 unspecified atom stereocenters. The summed E-state index contributed by atoms with van der Waals surface area (Å²) in [5.74, 6) is 3.64. The van der Waals surface area contributed by atoms with E-state index in [0.29, 0.717) is 12.1 Å². The number of hydrogen-bond acceptors (Lipinski definition) is 3. The van der Waals surface area contributed by atoms with E-state index in [1.54, 1.807) is 0 Å². The monoisotopic (exact) mass is 235 g/mol. The van der Waals surface area contributed by atoms with Crippen molar-refractivity contribution in [2.75, 3.05) is 18.1 Å². The average molecular weight is 235 g/mol. The van der Waals surface area contributed by atoms with Crippen LogP contribution in [0.1, 0.15) is 24.4 Å². The molecule has 0 aliphatic carbocycles. The summed E-state index contributed by atoms with van der Waals surface area (Å²) in [6.07, 6.45) is 2.66. The number of para-hydroxylation sites is 1. The maximum atomic E-state index is 5.68. The quantitative estimate of drug-likeness (QED) is 0.851. The van der Waals surface area contributed by atoms with Crippen molar-refractivity contribution in [1.82, 2.24) is 5.32 Å². The van der Waals surface area contributed by atoms with Crippen molar-refractivity contribution in [2.45, 2.75) is 24.9 Å². The second-order valence-electron chi connectivity index (χ2n) is 4.48. The molecule has 2 aliphatic heterocycles. The summed E-state index contributed by atoms with van der Waals surface area (Å²) >= 11 is 2.06. The molecule has 0 saturated carbocycles. The van der Waals surface area contributed by atoms with E-state index in [-0.39, 0.29) is 0 Å². The van der Waals surface area contributed by atoms with Gasteiger partial charge >= 0.3 is 0 Å². The van der Waals surface area contributed by atoms with E-state index in [9.17, 15) is 0 Å². The molecule has 0 spiro atoms. The Kier molecular flexibility index (Phi) is 3.06. The lowest BCUT2D eigenvalue weighted by atomic mass is 10.1. The lowest BCUT2D eigenvalue weighted by molar-refractivity contribution is 0.297. The SMILES string of the molecule is c1ccc2c(c1)OCC2NC1CCCSC1. The Hall–Kier alpha value is -0.670. The molecule has 2 atom stereocenters. The first kappa shape index (κ1) is 10.5. The van der Waals surface area contributed by atoms with Crippen LogP contribution in [0.3, 0.4) is 0 Å². The summed E-state index contributed by atoms with van der Waals surface area (Å²) in [5.41, 5.74) is 1.33. The molecule has 86 valence electrons. The zero-order valence-corrected chi connectivity index (χ0v) is 10.1. The molecular weight excluding hydrogens is 218 g/mol. The van der Waals surface area contributed by atoms with Crippen LogP contribution in [-0.2, 0) is 0 Å². The molecule has 1 fully saturated rings. The fourth-order valence-corrected chi connectivity index (χ4v) is 3.54. The second kappa shape index (κ2) is 4.68. The van der Waals surface area contributed by atoms with Gasteiger partial charge in [-0.25, -0.2) is 0 Å². The summed E-state index contributed by atoms with van der Waals surface area (Å²) in [7, 11) is 0. The van der Waals surface area contributed by atoms with Gasteiger partial charge in [0.1, 0.15) is 12.4 Å². The largest absolute Gasteiger partial charge is 0.491 e. The Morgan fingerprint density at radius 2 is 2.25 bits per heavy atom. The number of rotatable bonds is 2. The van der Waals surface area contributed by atoms with Gasteiger partial charge in [0.05, 0.1) is 6.04 Å². The van der Waals surface area contributed by atoms with Crippen molar-refractivity contribution in [2.24, 2.45) is 0 Å². The molecule has 2 nitrogen and oxygen atoms in total. The van der Waals surface area contributed by atoms with Gasteiger partial charge in [-0.2, -0.15) is 11.8 Å². The predicted molar refractivity (Wildman–Crippen MR) is 68.2 cm³/mol. The maximum absolute atomic E-state index is 5.68. The molecule has 2 heterocycles. The van der Waals surface area contributed by atoms with E-state index in [4.69, 9.17) is 4.74 Å². The molecule has 3 heteroatoms. The minimum atomic E-state index is 0.403. The number of nitrogens with one attached hydrogen (secondary N) is 1. The summed E-state index contributed by atoms with van der Waals surface area (Å²) in [5, 5.41) is 3.73. The van der Waals surface area contributed by atoms with Gasteiger partial charge in [-0.3, -0.25) is 0 Å². The topological polar surface area (TPSA) is 21.3 Å². The number of thioether (sulfide) groups is 1. The fourth-order valence-electron chi connectivity index (χ4n) is 2.46. The predicted octanol–water partition coefficient (Wildman–Crippen LogP) is 2.61. The molecule has 0 radical (unpaired) electrons. The van der Waals surface area contributed by atoms with E-state index in [0.717, 1.165) is 12.4 Å². The first-order valence-corrected chi connectivity index (χ1v) is 7.14. The Bertz CT molecular complexity index is 363. The van der Waals surface area contributed by atoms with Crippen molar-refractivity contribution < 1.29 is 4.74 Å². The zero-order chi connectivity index (χ0) is 10.8. The van der Waals surface area contributed by atoms with E-state index >= 15 is 0 Å². The second-order valence-corrected chi connectivity index (χ2v) is 5.63. The highest BCUT2D eigenvalue weighted by Gasteiger charge is 2.26.